The third-order valence-electron chi connectivity index (χ3n) is 2.18. The Morgan fingerprint density at radius 1 is 1.26 bits per heavy atom. The number of nitrogens with one attached hydrogen (secondary N) is 1. The first-order valence-electron chi connectivity index (χ1n) is 6.04. The van der Waals surface area contributed by atoms with Crippen molar-refractivity contribution in [3.63, 3.8) is 0 Å². The lowest BCUT2D eigenvalue weighted by atomic mass is 10.1. The van der Waals surface area contributed by atoms with Crippen LogP contribution in [0, 0.1) is 0 Å². The number of sulfonamides is 1. The molecule has 108 valence electrons. The number of methoxy groups -OCH3 is 1. The molecule has 1 aromatic carbocycles. The van der Waals surface area contributed by atoms with E-state index in [0.717, 1.165) is 0 Å². The van der Waals surface area contributed by atoms with Crippen molar-refractivity contribution in [2.45, 2.75) is 38.1 Å². The van der Waals surface area contributed by atoms with Crippen LogP contribution in [0.15, 0.2) is 23.1 Å². The lowest BCUT2D eigenvalue weighted by Crippen LogP contribution is -2.40. The summed E-state index contributed by atoms with van der Waals surface area (Å²) in [7, 11) is -2.19. The maximum Gasteiger partial charge on any atom is 0.244 e. The number of ether oxygens (including phenoxy) is 2. The first kappa shape index (κ1) is 15.8. The summed E-state index contributed by atoms with van der Waals surface area (Å²) in [6.07, 6.45) is 0. The second-order valence-corrected chi connectivity index (χ2v) is 6.75. The van der Waals surface area contributed by atoms with Gasteiger partial charge in [-0.25, -0.2) is 13.1 Å². The fourth-order valence-corrected chi connectivity index (χ4v) is 3.15. The van der Waals surface area contributed by atoms with Gasteiger partial charge in [-0.3, -0.25) is 0 Å². The van der Waals surface area contributed by atoms with Gasteiger partial charge in [0.15, 0.2) is 0 Å². The Balaban J connectivity index is 3.20. The maximum atomic E-state index is 12.3. The summed E-state index contributed by atoms with van der Waals surface area (Å²) in [5, 5.41) is 0. The summed E-state index contributed by atoms with van der Waals surface area (Å²) >= 11 is 0. The van der Waals surface area contributed by atoms with Crippen molar-refractivity contribution >= 4 is 10.0 Å². The topological polar surface area (TPSA) is 64.6 Å². The molecular formula is C13H21NO4S. The van der Waals surface area contributed by atoms with Gasteiger partial charge < -0.3 is 9.47 Å². The standard InChI is InChI=1S/C13H21NO4S/c1-6-18-10-7-8-12(11(9-10)17-5)19(15,16)14-13(2,3)4/h7-9,14H,6H2,1-5H3. The highest BCUT2D eigenvalue weighted by Gasteiger charge is 2.25. The molecular weight excluding hydrogens is 266 g/mol. The minimum atomic E-state index is -3.62. The lowest BCUT2D eigenvalue weighted by molar-refractivity contribution is 0.334. The first-order chi connectivity index (χ1) is 8.69. The molecule has 0 radical (unpaired) electrons. The molecule has 0 unspecified atom stereocenters. The molecule has 0 aliphatic carbocycles. The van der Waals surface area contributed by atoms with E-state index in [2.05, 4.69) is 4.72 Å². The normalized spacial score (nSPS) is 12.3. The third kappa shape index (κ3) is 4.40. The van der Waals surface area contributed by atoms with Crippen molar-refractivity contribution in [1.29, 1.82) is 0 Å². The van der Waals surface area contributed by atoms with Gasteiger partial charge in [-0.15, -0.1) is 0 Å². The van der Waals surface area contributed by atoms with Crippen molar-refractivity contribution in [1.82, 2.24) is 4.72 Å². The van der Waals surface area contributed by atoms with E-state index in [1.807, 2.05) is 6.92 Å². The van der Waals surface area contributed by atoms with Gasteiger partial charge in [-0.2, -0.15) is 0 Å². The van der Waals surface area contributed by atoms with Crippen LogP contribution in [0.4, 0.5) is 0 Å². The van der Waals surface area contributed by atoms with Gasteiger partial charge in [0, 0.05) is 11.6 Å². The third-order valence-corrected chi connectivity index (χ3v) is 3.97. The van der Waals surface area contributed by atoms with Crippen molar-refractivity contribution in [2.75, 3.05) is 13.7 Å². The van der Waals surface area contributed by atoms with E-state index in [0.29, 0.717) is 12.4 Å². The van der Waals surface area contributed by atoms with E-state index in [1.165, 1.54) is 13.2 Å². The molecule has 19 heavy (non-hydrogen) atoms. The smallest absolute Gasteiger partial charge is 0.244 e. The summed E-state index contributed by atoms with van der Waals surface area (Å²) in [6.45, 7) is 7.72. The zero-order valence-electron chi connectivity index (χ0n) is 12.0. The molecule has 0 saturated carbocycles. The highest BCUT2D eigenvalue weighted by molar-refractivity contribution is 7.89. The van der Waals surface area contributed by atoms with Crippen LogP contribution in [0.25, 0.3) is 0 Å². The van der Waals surface area contributed by atoms with E-state index < -0.39 is 15.6 Å². The minimum absolute atomic E-state index is 0.105. The van der Waals surface area contributed by atoms with Crippen LogP contribution in [0.3, 0.4) is 0 Å². The van der Waals surface area contributed by atoms with Crippen LogP contribution >= 0.6 is 0 Å². The van der Waals surface area contributed by atoms with Crippen LogP contribution in [0.2, 0.25) is 0 Å². The van der Waals surface area contributed by atoms with Gasteiger partial charge in [-0.05, 0) is 39.8 Å². The summed E-state index contributed by atoms with van der Waals surface area (Å²) in [5.41, 5.74) is -0.553. The quantitative estimate of drug-likeness (QED) is 0.901. The second kappa shape index (κ2) is 5.79. The number of hydrogen-bond acceptors (Lipinski definition) is 4. The summed E-state index contributed by atoms with van der Waals surface area (Å²) in [5.74, 6) is 0.844. The fourth-order valence-electron chi connectivity index (χ4n) is 1.58. The van der Waals surface area contributed by atoms with Gasteiger partial charge in [0.2, 0.25) is 10.0 Å². The monoisotopic (exact) mass is 287 g/mol. The highest BCUT2D eigenvalue weighted by Crippen LogP contribution is 2.29. The average Bonchev–Trinajstić information content (AvgIpc) is 2.25. The maximum absolute atomic E-state index is 12.3. The van der Waals surface area contributed by atoms with Crippen molar-refractivity contribution in [3.8, 4) is 11.5 Å². The summed E-state index contributed by atoms with van der Waals surface area (Å²) in [6, 6.07) is 4.67. The Labute approximate surface area is 115 Å². The number of benzene rings is 1. The fraction of sp³-hybridized carbons (Fsp3) is 0.538. The molecule has 0 atom stereocenters. The van der Waals surface area contributed by atoms with Crippen molar-refractivity contribution < 1.29 is 17.9 Å². The highest BCUT2D eigenvalue weighted by atomic mass is 32.2. The van der Waals surface area contributed by atoms with Gasteiger partial charge in [0.1, 0.15) is 16.4 Å². The van der Waals surface area contributed by atoms with Gasteiger partial charge in [-0.1, -0.05) is 0 Å². The van der Waals surface area contributed by atoms with Gasteiger partial charge in [0.25, 0.3) is 0 Å². The molecule has 1 N–H and O–H groups in total. The molecule has 5 nitrogen and oxygen atoms in total. The Kier molecular flexibility index (Phi) is 4.81. The average molecular weight is 287 g/mol. The molecule has 0 aliphatic rings. The van der Waals surface area contributed by atoms with Crippen LogP contribution in [0.5, 0.6) is 11.5 Å². The molecule has 0 spiro atoms. The lowest BCUT2D eigenvalue weighted by Gasteiger charge is -2.21. The van der Waals surface area contributed by atoms with E-state index in [9.17, 15) is 8.42 Å². The van der Waals surface area contributed by atoms with E-state index in [-0.39, 0.29) is 10.6 Å². The largest absolute Gasteiger partial charge is 0.495 e. The van der Waals surface area contributed by atoms with E-state index in [4.69, 9.17) is 9.47 Å². The zero-order valence-corrected chi connectivity index (χ0v) is 12.8. The Bertz CT molecular complexity index is 532. The number of hydrogen-bond donors (Lipinski definition) is 1. The molecule has 6 heteroatoms. The predicted molar refractivity (Wildman–Crippen MR) is 74.2 cm³/mol. The molecule has 0 bridgehead atoms. The molecule has 0 fully saturated rings. The van der Waals surface area contributed by atoms with Gasteiger partial charge >= 0.3 is 0 Å². The van der Waals surface area contributed by atoms with Crippen LogP contribution in [0.1, 0.15) is 27.7 Å². The first-order valence-corrected chi connectivity index (χ1v) is 7.53. The van der Waals surface area contributed by atoms with E-state index in [1.54, 1.807) is 32.9 Å². The minimum Gasteiger partial charge on any atom is -0.495 e. The Hall–Kier alpha value is -1.27. The molecule has 0 heterocycles. The molecule has 0 aromatic heterocycles. The molecule has 0 amide bonds. The zero-order chi connectivity index (χ0) is 14.7. The van der Waals surface area contributed by atoms with Crippen molar-refractivity contribution in [3.05, 3.63) is 18.2 Å². The summed E-state index contributed by atoms with van der Waals surface area (Å²) in [4.78, 5) is 0.105. The molecule has 1 rings (SSSR count). The SMILES string of the molecule is CCOc1ccc(S(=O)(=O)NC(C)(C)C)c(OC)c1. The van der Waals surface area contributed by atoms with Gasteiger partial charge in [0.05, 0.1) is 13.7 Å². The second-order valence-electron chi connectivity index (χ2n) is 5.10. The Morgan fingerprint density at radius 3 is 2.37 bits per heavy atom. The molecule has 1 aromatic rings. The Morgan fingerprint density at radius 2 is 1.89 bits per heavy atom. The predicted octanol–water partition coefficient (Wildman–Crippen LogP) is 2.17. The van der Waals surface area contributed by atoms with E-state index >= 15 is 0 Å². The number of rotatable bonds is 5. The van der Waals surface area contributed by atoms with Crippen LogP contribution in [-0.4, -0.2) is 27.7 Å². The van der Waals surface area contributed by atoms with Crippen LogP contribution < -0.4 is 14.2 Å². The molecule has 0 aliphatic heterocycles. The summed E-state index contributed by atoms with van der Waals surface area (Å²) < 4.78 is 37.6. The molecule has 0 saturated heterocycles. The van der Waals surface area contributed by atoms with Crippen LogP contribution in [-0.2, 0) is 10.0 Å². The van der Waals surface area contributed by atoms with Crippen molar-refractivity contribution in [2.24, 2.45) is 0 Å².